The number of aliphatic hydroxyl groups is 1. The predicted octanol–water partition coefficient (Wildman–Crippen LogP) is 11.2. The lowest BCUT2D eigenvalue weighted by atomic mass is 9.73. The Morgan fingerprint density at radius 3 is 2.22 bits per heavy atom. The molecule has 0 spiro atoms. The van der Waals surface area contributed by atoms with Crippen LogP contribution in [-0.2, 0) is 4.74 Å². The third-order valence-electron chi connectivity index (χ3n) is 11.9. The minimum Gasteiger partial charge on any atom is -0.400 e. The Labute approximate surface area is 401 Å². The molecule has 0 unspecified atom stereocenters. The Balaban J connectivity index is 0.000000488. The molecule has 2 aliphatic heterocycles. The molecule has 1 amide bonds. The molecule has 11 nitrogen and oxygen atoms in total. The molecule has 2 saturated heterocycles. The van der Waals surface area contributed by atoms with Gasteiger partial charge in [-0.25, -0.2) is 0 Å². The van der Waals surface area contributed by atoms with Crippen molar-refractivity contribution in [2.45, 2.75) is 88.7 Å². The van der Waals surface area contributed by atoms with E-state index < -0.39 is 4.92 Å². The molecule has 7 rings (SSSR count). The second-order valence-corrected chi connectivity index (χ2v) is 20.1. The predicted molar refractivity (Wildman–Crippen MR) is 273 cm³/mol. The summed E-state index contributed by atoms with van der Waals surface area (Å²) in [7, 11) is 1.00. The summed E-state index contributed by atoms with van der Waals surface area (Å²) < 4.78 is 8.60. The number of piperazine rings is 1. The van der Waals surface area contributed by atoms with Crippen LogP contribution in [0.4, 0.5) is 17.1 Å². The van der Waals surface area contributed by atoms with Crippen molar-refractivity contribution in [3.8, 4) is 0 Å². The van der Waals surface area contributed by atoms with Crippen LogP contribution < -0.4 is 14.9 Å². The van der Waals surface area contributed by atoms with Crippen LogP contribution in [0.3, 0.4) is 0 Å². The van der Waals surface area contributed by atoms with Crippen LogP contribution in [0, 0.1) is 15.5 Å². The fraction of sp³-hybridized carbons (Fsp3) is 0.471. The highest BCUT2D eigenvalue weighted by molar-refractivity contribution is 7.99. The summed E-state index contributed by atoms with van der Waals surface area (Å²) in [4.78, 5) is 33.6. The number of benzene rings is 4. The second kappa shape index (κ2) is 26.3. The molecule has 2 heterocycles. The highest BCUT2D eigenvalue weighted by Gasteiger charge is 2.29. The molecule has 3 N–H and O–H groups in total. The number of rotatable bonds is 16. The van der Waals surface area contributed by atoms with Gasteiger partial charge in [0.15, 0.2) is 0 Å². The van der Waals surface area contributed by atoms with E-state index in [2.05, 4.69) is 71.5 Å². The minimum absolute atomic E-state index is 0.0234. The molecule has 1 aliphatic carbocycles. The number of carbonyl (C=O) groups excluding carboxylic acids is 1. The average Bonchev–Trinajstić information content (AvgIpc) is 3.31. The number of piperidine rings is 1. The molecule has 2 fully saturated rings. The summed E-state index contributed by atoms with van der Waals surface area (Å²) >= 11 is 8.95. The lowest BCUT2D eigenvalue weighted by Gasteiger charge is -2.39. The van der Waals surface area contributed by atoms with Crippen LogP contribution in [0.5, 0.6) is 0 Å². The summed E-state index contributed by atoms with van der Waals surface area (Å²) in [6.07, 6.45) is 6.74. The summed E-state index contributed by atoms with van der Waals surface area (Å²) in [5.74, 6) is 0.520. The third-order valence-corrected chi connectivity index (χ3v) is 14.0. The minimum atomic E-state index is -0.399. The normalized spacial score (nSPS) is 16.8. The molecule has 3 aliphatic rings. The summed E-state index contributed by atoms with van der Waals surface area (Å²) in [6.45, 7) is 20.2. The van der Waals surface area contributed by atoms with Crippen molar-refractivity contribution >= 4 is 63.9 Å². The number of allylic oxidation sites excluding steroid dienone is 1. The SMILES string of the molecule is CC1(C)CCC(c2ccc(Cl)cc2)=C(CN2CCN(c3ccc(C(=O)NSc4ccc(NCCSc5ccccc5)c([N+](=O)[O-])c4)cc3)CC2)C1.CCN1CCC(OC(C)C)CC1.CO. The standard InChI is InChI=1S/C40H44ClN5O3S2.C10H21NO.CH4O/c1-40(2)19-18-36(29-8-12-32(41)13-9-29)31(27-40)28-44-21-23-45(24-22-44)33-14-10-30(11-15-33)39(47)43-51-35-16-17-37(38(26-35)46(48)49)42-20-25-50-34-6-4-3-5-7-34;1-4-11-7-5-10(6-8-11)12-9(2)3;1-2/h3-17,26,42H,18-25,27-28H2,1-2H3,(H,43,47);9-10H,4-8H2,1-3H3;2H,1H3. The highest BCUT2D eigenvalue weighted by atomic mass is 35.5. The van der Waals surface area contributed by atoms with Gasteiger partial charge in [-0.3, -0.25) is 24.5 Å². The van der Waals surface area contributed by atoms with Gasteiger partial charge >= 0.3 is 0 Å². The molecule has 0 radical (unpaired) electrons. The zero-order chi connectivity index (χ0) is 46.8. The van der Waals surface area contributed by atoms with Crippen LogP contribution in [0.15, 0.2) is 112 Å². The van der Waals surface area contributed by atoms with Gasteiger partial charge in [0.1, 0.15) is 5.69 Å². The number of thioether (sulfide) groups is 1. The first-order valence-corrected chi connectivity index (χ1v) is 25.1. The van der Waals surface area contributed by atoms with Gasteiger partial charge in [0.25, 0.3) is 11.6 Å². The van der Waals surface area contributed by atoms with Gasteiger partial charge in [0, 0.05) is 97.4 Å². The number of carbonyl (C=O) groups is 1. The maximum atomic E-state index is 13.0. The van der Waals surface area contributed by atoms with Crippen molar-refractivity contribution in [2.75, 3.05) is 82.0 Å². The van der Waals surface area contributed by atoms with Gasteiger partial charge < -0.3 is 25.0 Å². The van der Waals surface area contributed by atoms with Crippen molar-refractivity contribution < 1.29 is 19.6 Å². The lowest BCUT2D eigenvalue weighted by molar-refractivity contribution is -0.384. The smallest absolute Gasteiger partial charge is 0.293 e. The summed E-state index contributed by atoms with van der Waals surface area (Å²) in [5, 5.41) is 22.8. The zero-order valence-electron chi connectivity index (χ0n) is 39.1. The van der Waals surface area contributed by atoms with Gasteiger partial charge in [0.05, 0.1) is 17.1 Å². The molecule has 0 aromatic heterocycles. The number of likely N-dealkylation sites (tertiary alicyclic amines) is 1. The van der Waals surface area contributed by atoms with E-state index in [1.54, 1.807) is 29.5 Å². The van der Waals surface area contributed by atoms with E-state index in [4.69, 9.17) is 21.4 Å². The number of nitrogens with one attached hydrogen (secondary N) is 2. The van der Waals surface area contributed by atoms with Gasteiger partial charge in [-0.15, -0.1) is 11.8 Å². The Morgan fingerprint density at radius 1 is 0.908 bits per heavy atom. The van der Waals surface area contributed by atoms with Gasteiger partial charge in [-0.1, -0.05) is 68.3 Å². The maximum absolute atomic E-state index is 13.0. The van der Waals surface area contributed by atoms with E-state index >= 15 is 0 Å². The molecule has 0 bridgehead atoms. The number of nitro groups is 1. The molecule has 352 valence electrons. The number of ether oxygens (including phenoxy) is 1. The number of hydrogen-bond acceptors (Lipinski definition) is 11. The van der Waals surface area contributed by atoms with Crippen molar-refractivity contribution in [1.82, 2.24) is 14.5 Å². The number of aliphatic hydroxyl groups excluding tert-OH is 1. The second-order valence-electron chi connectivity index (χ2n) is 17.6. The number of anilines is 2. The third kappa shape index (κ3) is 16.6. The van der Waals surface area contributed by atoms with Crippen LogP contribution in [0.2, 0.25) is 5.02 Å². The summed E-state index contributed by atoms with van der Waals surface area (Å²) in [5.41, 5.74) is 6.70. The number of hydrogen-bond donors (Lipinski definition) is 3. The lowest BCUT2D eigenvalue weighted by Crippen LogP contribution is -2.47. The van der Waals surface area contributed by atoms with Gasteiger partial charge in [-0.05, 0) is 142 Å². The van der Waals surface area contributed by atoms with E-state index in [0.717, 1.165) is 86.0 Å². The number of nitro benzene ring substituents is 1. The largest absolute Gasteiger partial charge is 0.400 e. The maximum Gasteiger partial charge on any atom is 0.293 e. The average molecular weight is 946 g/mol. The zero-order valence-corrected chi connectivity index (χ0v) is 41.5. The monoisotopic (exact) mass is 944 g/mol. The Kier molecular flexibility index (Phi) is 21.0. The molecule has 0 saturated carbocycles. The van der Waals surface area contributed by atoms with Gasteiger partial charge in [0.2, 0.25) is 0 Å². The molecule has 14 heteroatoms. The van der Waals surface area contributed by atoms with Gasteiger partial charge in [-0.2, -0.15) is 0 Å². The number of halogens is 1. The Bertz CT molecular complexity index is 2110. The topological polar surface area (TPSA) is 123 Å². The first-order chi connectivity index (χ1) is 31.4. The molecule has 0 atom stereocenters. The van der Waals surface area contributed by atoms with Crippen LogP contribution >= 0.6 is 35.3 Å². The Hall–Kier alpha value is -4.08. The fourth-order valence-corrected chi connectivity index (χ4v) is 10.0. The van der Waals surface area contributed by atoms with E-state index in [1.165, 1.54) is 56.1 Å². The highest BCUT2D eigenvalue weighted by Crippen LogP contribution is 2.43. The first kappa shape index (κ1) is 51.9. The van der Waals surface area contributed by atoms with Crippen molar-refractivity contribution in [1.29, 1.82) is 0 Å². The van der Waals surface area contributed by atoms with Crippen molar-refractivity contribution in [2.24, 2.45) is 5.41 Å². The van der Waals surface area contributed by atoms with Crippen LogP contribution in [0.25, 0.3) is 5.57 Å². The van der Waals surface area contributed by atoms with E-state index in [1.807, 2.05) is 66.7 Å². The fourth-order valence-electron chi connectivity index (χ4n) is 8.48. The van der Waals surface area contributed by atoms with Crippen LogP contribution in [-0.4, -0.2) is 110 Å². The van der Waals surface area contributed by atoms with E-state index in [-0.39, 0.29) is 11.6 Å². The van der Waals surface area contributed by atoms with Crippen molar-refractivity contribution in [3.63, 3.8) is 0 Å². The quantitative estimate of drug-likeness (QED) is 0.0327. The van der Waals surface area contributed by atoms with E-state index in [9.17, 15) is 14.9 Å². The summed E-state index contributed by atoms with van der Waals surface area (Å²) in [6, 6.07) is 31.0. The van der Waals surface area contributed by atoms with Crippen LogP contribution in [0.1, 0.15) is 82.6 Å². The molecule has 4 aromatic rings. The molecule has 65 heavy (non-hydrogen) atoms. The molecular weight excluding hydrogens is 876 g/mol. The number of amides is 1. The number of nitrogens with zero attached hydrogens (tertiary/aromatic N) is 4. The molecule has 4 aromatic carbocycles. The molecular formula is C51H69ClN6O5S2. The Morgan fingerprint density at radius 2 is 1.58 bits per heavy atom. The van der Waals surface area contributed by atoms with E-state index in [0.29, 0.717) is 40.3 Å². The van der Waals surface area contributed by atoms with Crippen molar-refractivity contribution in [3.05, 3.63) is 129 Å². The first-order valence-electron chi connectivity index (χ1n) is 22.9.